The topological polar surface area (TPSA) is 59.1 Å². The number of aryl methyl sites for hydroxylation is 1. The minimum atomic E-state index is 0.131. The minimum absolute atomic E-state index is 0.131. The van der Waals surface area contributed by atoms with Crippen molar-refractivity contribution in [2.75, 3.05) is 13.1 Å². The van der Waals surface area contributed by atoms with Crippen LogP contribution in [0.1, 0.15) is 51.3 Å². The van der Waals surface area contributed by atoms with E-state index < -0.39 is 0 Å². The van der Waals surface area contributed by atoms with Gasteiger partial charge >= 0.3 is 0 Å². The van der Waals surface area contributed by atoms with Crippen molar-refractivity contribution in [2.45, 2.75) is 51.1 Å². The molecule has 0 aromatic carbocycles. The van der Waals surface area contributed by atoms with Gasteiger partial charge in [-0.1, -0.05) is 26.7 Å². The lowest BCUT2D eigenvalue weighted by Gasteiger charge is -2.45. The molecule has 1 heterocycles. The Bertz CT molecular complexity index is 390. The van der Waals surface area contributed by atoms with Gasteiger partial charge in [0, 0.05) is 18.8 Å². The SMILES string of the molecule is CCN(CC)C1(C(NN)c2ccnn2C)CCCC1. The van der Waals surface area contributed by atoms with Gasteiger partial charge in [-0.15, -0.1) is 0 Å². The first-order chi connectivity index (χ1) is 9.19. The average molecular weight is 265 g/mol. The number of aromatic nitrogens is 2. The largest absolute Gasteiger partial charge is 0.296 e. The molecule has 5 heteroatoms. The molecule has 0 bridgehead atoms. The van der Waals surface area contributed by atoms with Crippen LogP contribution in [0.25, 0.3) is 0 Å². The van der Waals surface area contributed by atoms with Crippen molar-refractivity contribution >= 4 is 0 Å². The predicted molar refractivity (Wildman–Crippen MR) is 77.4 cm³/mol. The number of nitrogens with zero attached hydrogens (tertiary/aromatic N) is 3. The van der Waals surface area contributed by atoms with E-state index in [9.17, 15) is 0 Å². The van der Waals surface area contributed by atoms with Crippen LogP contribution in [0.15, 0.2) is 12.3 Å². The zero-order valence-corrected chi connectivity index (χ0v) is 12.4. The summed E-state index contributed by atoms with van der Waals surface area (Å²) in [4.78, 5) is 2.57. The normalized spacial score (nSPS) is 20.1. The number of nitrogens with one attached hydrogen (secondary N) is 1. The second kappa shape index (κ2) is 6.03. The summed E-state index contributed by atoms with van der Waals surface area (Å²) in [5.74, 6) is 5.93. The molecule has 1 fully saturated rings. The van der Waals surface area contributed by atoms with Gasteiger partial charge in [0.25, 0.3) is 0 Å². The smallest absolute Gasteiger partial charge is 0.0812 e. The molecule has 0 saturated heterocycles. The number of hydrogen-bond donors (Lipinski definition) is 2. The maximum absolute atomic E-state index is 5.93. The van der Waals surface area contributed by atoms with Crippen molar-refractivity contribution in [3.63, 3.8) is 0 Å². The second-order valence-corrected chi connectivity index (χ2v) is 5.46. The molecule has 1 aromatic heterocycles. The summed E-state index contributed by atoms with van der Waals surface area (Å²) >= 11 is 0. The Morgan fingerprint density at radius 2 is 2.05 bits per heavy atom. The molecule has 5 nitrogen and oxygen atoms in total. The molecule has 1 unspecified atom stereocenters. The Hall–Kier alpha value is -0.910. The molecule has 1 aliphatic carbocycles. The van der Waals surface area contributed by atoms with Crippen LogP contribution in [0.4, 0.5) is 0 Å². The lowest BCUT2D eigenvalue weighted by Crippen LogP contribution is -2.56. The molecule has 1 aromatic rings. The third kappa shape index (κ3) is 2.42. The Kier molecular flexibility index (Phi) is 4.60. The molecule has 1 saturated carbocycles. The van der Waals surface area contributed by atoms with Crippen molar-refractivity contribution in [1.82, 2.24) is 20.1 Å². The van der Waals surface area contributed by atoms with E-state index in [1.54, 1.807) is 0 Å². The summed E-state index contributed by atoms with van der Waals surface area (Å²) in [5.41, 5.74) is 4.38. The van der Waals surface area contributed by atoms with Gasteiger partial charge in [0.2, 0.25) is 0 Å². The fourth-order valence-electron chi connectivity index (χ4n) is 3.81. The number of hydrogen-bond acceptors (Lipinski definition) is 4. The van der Waals surface area contributed by atoms with Gasteiger partial charge in [0.05, 0.1) is 11.7 Å². The van der Waals surface area contributed by atoms with Gasteiger partial charge < -0.3 is 0 Å². The third-order valence-corrected chi connectivity index (χ3v) is 4.72. The Morgan fingerprint density at radius 3 is 2.47 bits per heavy atom. The maximum atomic E-state index is 5.93. The number of hydrazine groups is 1. The molecule has 108 valence electrons. The predicted octanol–water partition coefficient (Wildman–Crippen LogP) is 1.58. The van der Waals surface area contributed by atoms with E-state index in [1.165, 1.54) is 31.4 Å². The minimum Gasteiger partial charge on any atom is -0.296 e. The molecule has 1 aliphatic rings. The highest BCUT2D eigenvalue weighted by molar-refractivity contribution is 5.16. The summed E-state index contributed by atoms with van der Waals surface area (Å²) in [7, 11) is 1.99. The molecule has 0 spiro atoms. The maximum Gasteiger partial charge on any atom is 0.0812 e. The van der Waals surface area contributed by atoms with E-state index >= 15 is 0 Å². The van der Waals surface area contributed by atoms with Crippen LogP contribution in [0.5, 0.6) is 0 Å². The summed E-state index contributed by atoms with van der Waals surface area (Å²) in [6.07, 6.45) is 6.83. The fourth-order valence-corrected chi connectivity index (χ4v) is 3.81. The molecule has 1 atom stereocenters. The van der Waals surface area contributed by atoms with E-state index in [1.807, 2.05) is 17.9 Å². The number of nitrogens with two attached hydrogens (primary N) is 1. The summed E-state index contributed by atoms with van der Waals surface area (Å²) < 4.78 is 1.94. The molecule has 3 N–H and O–H groups in total. The first-order valence-electron chi connectivity index (χ1n) is 7.38. The molecule has 0 radical (unpaired) electrons. The molecule has 19 heavy (non-hydrogen) atoms. The van der Waals surface area contributed by atoms with E-state index in [2.05, 4.69) is 35.3 Å². The number of rotatable bonds is 6. The molecule has 0 amide bonds. The lowest BCUT2D eigenvalue weighted by molar-refractivity contribution is 0.0596. The third-order valence-electron chi connectivity index (χ3n) is 4.72. The average Bonchev–Trinajstić information content (AvgIpc) is 3.04. The molecule has 2 rings (SSSR count). The van der Waals surface area contributed by atoms with Gasteiger partial charge in [0.15, 0.2) is 0 Å². The van der Waals surface area contributed by atoms with Crippen molar-refractivity contribution in [3.8, 4) is 0 Å². The molecular formula is C14H27N5. The zero-order valence-electron chi connectivity index (χ0n) is 12.4. The van der Waals surface area contributed by atoms with E-state index in [-0.39, 0.29) is 11.6 Å². The lowest BCUT2D eigenvalue weighted by atomic mass is 9.84. The van der Waals surface area contributed by atoms with Gasteiger partial charge in [-0.2, -0.15) is 5.10 Å². The molecule has 0 aliphatic heterocycles. The van der Waals surface area contributed by atoms with Gasteiger partial charge in [0.1, 0.15) is 0 Å². The Balaban J connectivity index is 2.39. The van der Waals surface area contributed by atoms with Crippen molar-refractivity contribution < 1.29 is 0 Å². The van der Waals surface area contributed by atoms with Crippen molar-refractivity contribution in [3.05, 3.63) is 18.0 Å². The second-order valence-electron chi connectivity index (χ2n) is 5.46. The van der Waals surface area contributed by atoms with E-state index in [0.717, 1.165) is 13.1 Å². The fraction of sp³-hybridized carbons (Fsp3) is 0.786. The Labute approximate surface area is 116 Å². The van der Waals surface area contributed by atoms with Crippen molar-refractivity contribution in [1.29, 1.82) is 0 Å². The Morgan fingerprint density at radius 1 is 1.42 bits per heavy atom. The van der Waals surface area contributed by atoms with Gasteiger partial charge in [-0.25, -0.2) is 5.43 Å². The number of likely N-dealkylation sites (N-methyl/N-ethyl adjacent to an activating group) is 1. The summed E-state index contributed by atoms with van der Waals surface area (Å²) in [6.45, 7) is 6.60. The summed E-state index contributed by atoms with van der Waals surface area (Å²) in [5, 5.41) is 4.30. The van der Waals surface area contributed by atoms with E-state index in [0.29, 0.717) is 0 Å². The first kappa shape index (κ1) is 14.5. The van der Waals surface area contributed by atoms with Crippen LogP contribution in [0.2, 0.25) is 0 Å². The highest BCUT2D eigenvalue weighted by atomic mass is 15.3. The van der Waals surface area contributed by atoms with Crippen LogP contribution in [-0.2, 0) is 7.05 Å². The van der Waals surface area contributed by atoms with E-state index in [4.69, 9.17) is 5.84 Å². The highest BCUT2D eigenvalue weighted by Crippen LogP contribution is 2.43. The highest BCUT2D eigenvalue weighted by Gasteiger charge is 2.46. The zero-order chi connectivity index (χ0) is 13.9. The van der Waals surface area contributed by atoms with Crippen LogP contribution in [0, 0.1) is 0 Å². The van der Waals surface area contributed by atoms with Crippen LogP contribution < -0.4 is 11.3 Å². The van der Waals surface area contributed by atoms with Crippen LogP contribution >= 0.6 is 0 Å². The quantitative estimate of drug-likeness (QED) is 0.605. The molecular weight excluding hydrogens is 238 g/mol. The van der Waals surface area contributed by atoms with Crippen molar-refractivity contribution in [2.24, 2.45) is 12.9 Å². The van der Waals surface area contributed by atoms with Crippen LogP contribution in [0.3, 0.4) is 0 Å². The monoisotopic (exact) mass is 265 g/mol. The van der Waals surface area contributed by atoms with Gasteiger partial charge in [-0.05, 0) is 32.0 Å². The van der Waals surface area contributed by atoms with Crippen LogP contribution in [-0.4, -0.2) is 33.3 Å². The summed E-state index contributed by atoms with van der Waals surface area (Å²) in [6, 6.07) is 2.22. The standard InChI is InChI=1S/C14H27N5/c1-4-19(5-2)14(9-6-7-10-14)13(17-15)12-8-11-16-18(12)3/h8,11,13,17H,4-7,9-10,15H2,1-3H3. The van der Waals surface area contributed by atoms with Gasteiger partial charge in [-0.3, -0.25) is 15.4 Å². The first-order valence-corrected chi connectivity index (χ1v) is 7.38.